The van der Waals surface area contributed by atoms with E-state index in [-0.39, 0.29) is 6.10 Å². The molecule has 2 rings (SSSR count). The zero-order valence-electron chi connectivity index (χ0n) is 9.03. The van der Waals surface area contributed by atoms with Gasteiger partial charge >= 0.3 is 0 Å². The van der Waals surface area contributed by atoms with Crippen LogP contribution in [0.4, 0.5) is 0 Å². The number of hydrogen-bond acceptors (Lipinski definition) is 5. The Morgan fingerprint density at radius 2 is 2.53 bits per heavy atom. The van der Waals surface area contributed by atoms with E-state index in [1.54, 1.807) is 0 Å². The number of nitrogens with zero attached hydrogens (tertiary/aromatic N) is 2. The average Bonchev–Trinajstić information content (AvgIpc) is 2.68. The summed E-state index contributed by atoms with van der Waals surface area (Å²) in [6, 6.07) is 0. The van der Waals surface area contributed by atoms with Crippen LogP contribution in [0.15, 0.2) is 0 Å². The van der Waals surface area contributed by atoms with Gasteiger partial charge in [0, 0.05) is 24.5 Å². The fraction of sp³-hybridized carbons (Fsp3) is 0.800. The third-order valence-electron chi connectivity index (χ3n) is 2.44. The van der Waals surface area contributed by atoms with Crippen LogP contribution in [0.25, 0.3) is 0 Å². The first kappa shape index (κ1) is 10.8. The first-order valence-electron chi connectivity index (χ1n) is 5.58. The Morgan fingerprint density at radius 3 is 3.27 bits per heavy atom. The number of aryl methyl sites for hydroxylation is 1. The highest BCUT2D eigenvalue weighted by Gasteiger charge is 2.16. The lowest BCUT2D eigenvalue weighted by molar-refractivity contribution is 0.166. The van der Waals surface area contributed by atoms with E-state index in [2.05, 4.69) is 21.6 Å². The molecule has 1 aliphatic heterocycles. The van der Waals surface area contributed by atoms with Crippen LogP contribution in [0.1, 0.15) is 32.0 Å². The lowest BCUT2D eigenvalue weighted by Gasteiger charge is -2.22. The predicted octanol–water partition coefficient (Wildman–Crippen LogP) is 1.62. The predicted molar refractivity (Wildman–Crippen MR) is 60.4 cm³/mol. The normalized spacial score (nSPS) is 21.5. The molecule has 1 N–H and O–H groups in total. The molecule has 0 amide bonds. The number of rotatable bonds is 4. The van der Waals surface area contributed by atoms with Crippen molar-refractivity contribution in [3.8, 4) is 5.19 Å². The molecule has 0 aromatic carbocycles. The molecule has 0 radical (unpaired) electrons. The summed E-state index contributed by atoms with van der Waals surface area (Å²) >= 11 is 1.37. The van der Waals surface area contributed by atoms with Crippen molar-refractivity contribution >= 4 is 11.5 Å². The van der Waals surface area contributed by atoms with Crippen molar-refractivity contribution in [2.45, 2.75) is 38.7 Å². The van der Waals surface area contributed by atoms with Crippen LogP contribution in [0.2, 0.25) is 0 Å². The van der Waals surface area contributed by atoms with Crippen LogP contribution in [0.5, 0.6) is 5.19 Å². The second kappa shape index (κ2) is 5.42. The highest BCUT2D eigenvalue weighted by atomic mass is 32.1. The van der Waals surface area contributed by atoms with E-state index in [1.165, 1.54) is 18.0 Å². The summed E-state index contributed by atoms with van der Waals surface area (Å²) in [6.45, 7) is 4.17. The third-order valence-corrected chi connectivity index (χ3v) is 3.09. The minimum Gasteiger partial charge on any atom is -0.464 e. The summed E-state index contributed by atoms with van der Waals surface area (Å²) in [5.41, 5.74) is 0. The maximum Gasteiger partial charge on any atom is 0.293 e. The lowest BCUT2D eigenvalue weighted by atomic mass is 10.1. The molecule has 0 bridgehead atoms. The minimum absolute atomic E-state index is 0.279. The minimum atomic E-state index is 0.279. The molecule has 1 atom stereocenters. The van der Waals surface area contributed by atoms with Crippen LogP contribution >= 0.6 is 11.5 Å². The Morgan fingerprint density at radius 1 is 1.60 bits per heavy atom. The van der Waals surface area contributed by atoms with Crippen molar-refractivity contribution in [3.63, 3.8) is 0 Å². The van der Waals surface area contributed by atoms with E-state index in [4.69, 9.17) is 4.74 Å². The second-order valence-corrected chi connectivity index (χ2v) is 4.53. The van der Waals surface area contributed by atoms with Crippen LogP contribution in [0.3, 0.4) is 0 Å². The standard InChI is InChI=1S/C10H17N3OS/c1-2-4-9-12-10(15-13-9)14-8-5-3-6-11-7-8/h8,11H,2-7H2,1H3/t8-/m0/s1. The van der Waals surface area contributed by atoms with E-state index < -0.39 is 0 Å². The molecule has 5 heteroatoms. The molecule has 0 unspecified atom stereocenters. The van der Waals surface area contributed by atoms with Gasteiger partial charge in [-0.05, 0) is 25.8 Å². The van der Waals surface area contributed by atoms with Gasteiger partial charge in [-0.2, -0.15) is 9.36 Å². The summed E-state index contributed by atoms with van der Waals surface area (Å²) < 4.78 is 10.0. The maximum absolute atomic E-state index is 5.76. The molecular weight excluding hydrogens is 210 g/mol. The van der Waals surface area contributed by atoms with Crippen LogP contribution in [0, 0.1) is 0 Å². The monoisotopic (exact) mass is 227 g/mol. The van der Waals surface area contributed by atoms with Gasteiger partial charge in [0.1, 0.15) is 11.9 Å². The number of hydrogen-bond donors (Lipinski definition) is 1. The number of aromatic nitrogens is 2. The van der Waals surface area contributed by atoms with Crippen LogP contribution in [-0.2, 0) is 6.42 Å². The van der Waals surface area contributed by atoms with Gasteiger partial charge in [0.05, 0.1) is 0 Å². The molecule has 1 saturated heterocycles. The molecule has 0 aliphatic carbocycles. The Kier molecular flexibility index (Phi) is 3.91. The number of nitrogens with one attached hydrogen (secondary N) is 1. The summed E-state index contributed by atoms with van der Waals surface area (Å²) in [4.78, 5) is 4.35. The number of ether oxygens (including phenoxy) is 1. The molecule has 0 spiro atoms. The van der Waals surface area contributed by atoms with Gasteiger partial charge in [-0.3, -0.25) is 0 Å². The Balaban J connectivity index is 1.86. The quantitative estimate of drug-likeness (QED) is 0.849. The van der Waals surface area contributed by atoms with Crippen molar-refractivity contribution in [1.29, 1.82) is 0 Å². The molecular formula is C10H17N3OS. The molecule has 1 aromatic rings. The van der Waals surface area contributed by atoms with Gasteiger partial charge in [-0.25, -0.2) is 0 Å². The van der Waals surface area contributed by atoms with Crippen molar-refractivity contribution in [2.24, 2.45) is 0 Å². The summed E-state index contributed by atoms with van der Waals surface area (Å²) in [5.74, 6) is 0.918. The highest BCUT2D eigenvalue weighted by Crippen LogP contribution is 2.18. The SMILES string of the molecule is CCCc1nsc(O[C@H]2CCCNC2)n1. The Labute approximate surface area is 94.2 Å². The fourth-order valence-corrected chi connectivity index (χ4v) is 2.31. The highest BCUT2D eigenvalue weighted by molar-refractivity contribution is 7.07. The Hall–Kier alpha value is -0.680. The summed E-state index contributed by atoms with van der Waals surface area (Å²) in [5, 5.41) is 4.05. The first-order valence-corrected chi connectivity index (χ1v) is 6.36. The Bertz CT molecular complexity index is 297. The molecule has 2 heterocycles. The van der Waals surface area contributed by atoms with E-state index in [0.717, 1.165) is 43.4 Å². The molecule has 1 aliphatic rings. The molecule has 84 valence electrons. The van der Waals surface area contributed by atoms with Crippen molar-refractivity contribution in [1.82, 2.24) is 14.7 Å². The van der Waals surface area contributed by atoms with Crippen molar-refractivity contribution in [2.75, 3.05) is 13.1 Å². The van der Waals surface area contributed by atoms with Gasteiger partial charge in [-0.15, -0.1) is 0 Å². The summed E-state index contributed by atoms with van der Waals surface area (Å²) in [6.07, 6.45) is 4.62. The summed E-state index contributed by atoms with van der Waals surface area (Å²) in [7, 11) is 0. The van der Waals surface area contributed by atoms with Gasteiger partial charge in [-0.1, -0.05) is 6.92 Å². The van der Waals surface area contributed by atoms with Crippen molar-refractivity contribution < 1.29 is 4.74 Å². The zero-order chi connectivity index (χ0) is 10.5. The molecule has 4 nitrogen and oxygen atoms in total. The molecule has 0 saturated carbocycles. The number of piperidine rings is 1. The van der Waals surface area contributed by atoms with Gasteiger partial charge in [0.25, 0.3) is 5.19 Å². The maximum atomic E-state index is 5.76. The molecule has 15 heavy (non-hydrogen) atoms. The van der Waals surface area contributed by atoms with Gasteiger partial charge in [0.2, 0.25) is 0 Å². The first-order chi connectivity index (χ1) is 7.38. The lowest BCUT2D eigenvalue weighted by Crippen LogP contribution is -2.37. The topological polar surface area (TPSA) is 47.0 Å². The van der Waals surface area contributed by atoms with Crippen molar-refractivity contribution in [3.05, 3.63) is 5.82 Å². The van der Waals surface area contributed by atoms with E-state index >= 15 is 0 Å². The molecule has 1 aromatic heterocycles. The zero-order valence-corrected chi connectivity index (χ0v) is 9.85. The van der Waals surface area contributed by atoms with E-state index in [0.29, 0.717) is 0 Å². The van der Waals surface area contributed by atoms with E-state index in [1.807, 2.05) is 0 Å². The van der Waals surface area contributed by atoms with E-state index in [9.17, 15) is 0 Å². The largest absolute Gasteiger partial charge is 0.464 e. The second-order valence-electron chi connectivity index (χ2n) is 3.81. The average molecular weight is 227 g/mol. The molecule has 1 fully saturated rings. The van der Waals surface area contributed by atoms with Gasteiger partial charge < -0.3 is 10.1 Å². The smallest absolute Gasteiger partial charge is 0.293 e. The third kappa shape index (κ3) is 3.14. The van der Waals surface area contributed by atoms with Crippen LogP contribution in [-0.4, -0.2) is 28.6 Å². The fourth-order valence-electron chi connectivity index (χ4n) is 1.67. The van der Waals surface area contributed by atoms with Gasteiger partial charge in [0.15, 0.2) is 0 Å². The van der Waals surface area contributed by atoms with Crippen LogP contribution < -0.4 is 10.1 Å².